The highest BCUT2D eigenvalue weighted by atomic mass is 16.3. The lowest BCUT2D eigenvalue weighted by molar-refractivity contribution is 0.409. The van der Waals surface area contributed by atoms with Crippen molar-refractivity contribution in [1.82, 2.24) is 15.2 Å². The van der Waals surface area contributed by atoms with Crippen LogP contribution in [0, 0.1) is 0 Å². The number of aliphatic imine (C=N–C) groups is 1. The van der Waals surface area contributed by atoms with Crippen LogP contribution in [0.5, 0.6) is 0 Å². The molecule has 2 N–H and O–H groups in total. The lowest BCUT2D eigenvalue weighted by Gasteiger charge is -2.32. The molecule has 0 saturated heterocycles. The van der Waals surface area contributed by atoms with Crippen LogP contribution in [0.4, 0.5) is 0 Å². The largest absolute Gasteiger partial charge is 0.456 e. The summed E-state index contributed by atoms with van der Waals surface area (Å²) in [5, 5.41) is 14.1. The van der Waals surface area contributed by atoms with Crippen LogP contribution in [0.1, 0.15) is 29.0 Å². The Kier molecular flexibility index (Phi) is 7.03. The van der Waals surface area contributed by atoms with Crippen LogP contribution in [0.3, 0.4) is 0 Å². The molecule has 6 nitrogen and oxygen atoms in total. The van der Waals surface area contributed by atoms with Crippen molar-refractivity contribution in [2.75, 3.05) is 0 Å². The maximum absolute atomic E-state index is 6.77. The summed E-state index contributed by atoms with van der Waals surface area (Å²) in [5.74, 6) is 0.823. The normalized spacial score (nSPS) is 15.9. The fourth-order valence-corrected chi connectivity index (χ4v) is 8.87. The summed E-state index contributed by atoms with van der Waals surface area (Å²) in [6.07, 6.45) is -0.349. The molecule has 270 valence electrons. The third kappa shape index (κ3) is 5.04. The van der Waals surface area contributed by atoms with E-state index in [2.05, 4.69) is 179 Å². The monoisotopic (exact) mass is 734 g/mol. The first-order valence-electron chi connectivity index (χ1n) is 19.4. The number of nitrogens with one attached hydrogen (secondary N) is 2. The summed E-state index contributed by atoms with van der Waals surface area (Å²) in [7, 11) is 0. The Hall–Kier alpha value is -7.41. The first kappa shape index (κ1) is 31.9. The van der Waals surface area contributed by atoms with Gasteiger partial charge in [0.2, 0.25) is 0 Å². The summed E-state index contributed by atoms with van der Waals surface area (Å²) < 4.78 is 15.7. The minimum atomic E-state index is -0.221. The van der Waals surface area contributed by atoms with E-state index in [-0.39, 0.29) is 12.3 Å². The molecule has 0 saturated carbocycles. The minimum Gasteiger partial charge on any atom is -0.456 e. The molecule has 0 radical (unpaired) electrons. The highest BCUT2D eigenvalue weighted by Crippen LogP contribution is 2.43. The first-order chi connectivity index (χ1) is 28.2. The van der Waals surface area contributed by atoms with Crippen LogP contribution >= 0.6 is 0 Å². The SMILES string of the molecule is c1ccc(C2N=C(c3ccc4oc5cccc(-c6cccc7c6oc6ccc(-n8c9ccccc9c9ccccc98)cc67)c5c4c3)NC(c3ccccc3)N2)cc1. The molecule has 0 bridgehead atoms. The Labute approximate surface area is 327 Å². The summed E-state index contributed by atoms with van der Waals surface area (Å²) >= 11 is 0. The fraction of sp³-hybridized carbons (Fsp3) is 0.0392. The second-order valence-corrected chi connectivity index (χ2v) is 14.8. The third-order valence-electron chi connectivity index (χ3n) is 11.5. The second kappa shape index (κ2) is 12.6. The van der Waals surface area contributed by atoms with E-state index in [0.29, 0.717) is 0 Å². The zero-order valence-electron chi connectivity index (χ0n) is 30.7. The van der Waals surface area contributed by atoms with Crippen LogP contribution in [-0.4, -0.2) is 10.4 Å². The van der Waals surface area contributed by atoms with E-state index in [4.69, 9.17) is 13.8 Å². The smallest absolute Gasteiger partial charge is 0.143 e. The van der Waals surface area contributed by atoms with Gasteiger partial charge in [-0.15, -0.1) is 0 Å². The van der Waals surface area contributed by atoms with Crippen molar-refractivity contribution in [3.8, 4) is 16.8 Å². The third-order valence-corrected chi connectivity index (χ3v) is 11.5. The zero-order chi connectivity index (χ0) is 37.5. The number of nitrogens with zero attached hydrogens (tertiary/aromatic N) is 2. The number of amidine groups is 1. The van der Waals surface area contributed by atoms with Crippen LogP contribution in [0.15, 0.2) is 196 Å². The molecular formula is C51H34N4O2. The Balaban J connectivity index is 1.00. The van der Waals surface area contributed by atoms with Crippen molar-refractivity contribution >= 4 is 71.5 Å². The molecule has 0 fully saturated rings. The van der Waals surface area contributed by atoms with Gasteiger partial charge in [0, 0.05) is 49.1 Å². The average Bonchev–Trinajstić information content (AvgIpc) is 3.96. The predicted molar refractivity (Wildman–Crippen MR) is 232 cm³/mol. The van der Waals surface area contributed by atoms with Gasteiger partial charge in [0.1, 0.15) is 40.5 Å². The Morgan fingerprint density at radius 3 is 1.91 bits per heavy atom. The Bertz CT molecular complexity index is 3320. The summed E-state index contributed by atoms with van der Waals surface area (Å²) in [4.78, 5) is 5.22. The molecule has 0 aliphatic carbocycles. The quantitative estimate of drug-likeness (QED) is 0.185. The number of para-hydroxylation sites is 3. The molecule has 1 aliphatic rings. The minimum absolute atomic E-state index is 0.127. The molecule has 11 aromatic rings. The predicted octanol–water partition coefficient (Wildman–Crippen LogP) is 12.6. The summed E-state index contributed by atoms with van der Waals surface area (Å²) in [5.41, 5.74) is 12.1. The molecule has 6 heteroatoms. The van der Waals surface area contributed by atoms with E-state index in [1.165, 1.54) is 21.8 Å². The molecule has 1 aliphatic heterocycles. The number of hydrogen-bond donors (Lipinski definition) is 2. The highest BCUT2D eigenvalue weighted by Gasteiger charge is 2.26. The van der Waals surface area contributed by atoms with Gasteiger partial charge in [-0.1, -0.05) is 127 Å². The molecule has 3 aromatic heterocycles. The zero-order valence-corrected chi connectivity index (χ0v) is 30.7. The molecule has 12 rings (SSSR count). The molecular weight excluding hydrogens is 701 g/mol. The van der Waals surface area contributed by atoms with Crippen molar-refractivity contribution in [3.63, 3.8) is 0 Å². The molecule has 0 spiro atoms. The van der Waals surface area contributed by atoms with Crippen LogP contribution < -0.4 is 10.6 Å². The van der Waals surface area contributed by atoms with Gasteiger partial charge in [-0.3, -0.25) is 5.32 Å². The van der Waals surface area contributed by atoms with E-state index in [1.807, 2.05) is 18.2 Å². The number of fused-ring (bicyclic) bond motifs is 9. The van der Waals surface area contributed by atoms with E-state index in [9.17, 15) is 0 Å². The van der Waals surface area contributed by atoms with Crippen molar-refractivity contribution in [1.29, 1.82) is 0 Å². The number of hydrogen-bond acceptors (Lipinski definition) is 5. The fourth-order valence-electron chi connectivity index (χ4n) is 8.87. The maximum atomic E-state index is 6.77. The topological polar surface area (TPSA) is 67.6 Å². The van der Waals surface area contributed by atoms with Crippen LogP contribution in [0.2, 0.25) is 0 Å². The first-order valence-corrected chi connectivity index (χ1v) is 19.4. The van der Waals surface area contributed by atoms with Crippen molar-refractivity contribution < 1.29 is 8.83 Å². The van der Waals surface area contributed by atoms with E-state index in [0.717, 1.165) is 83.2 Å². The van der Waals surface area contributed by atoms with Gasteiger partial charge in [0.25, 0.3) is 0 Å². The molecule has 0 amide bonds. The summed E-state index contributed by atoms with van der Waals surface area (Å²) in [6.45, 7) is 0. The maximum Gasteiger partial charge on any atom is 0.143 e. The van der Waals surface area contributed by atoms with Crippen LogP contribution in [0.25, 0.3) is 82.5 Å². The number of benzene rings is 8. The lowest BCUT2D eigenvalue weighted by Crippen LogP contribution is -2.44. The Morgan fingerprint density at radius 2 is 1.12 bits per heavy atom. The van der Waals surface area contributed by atoms with E-state index >= 15 is 0 Å². The van der Waals surface area contributed by atoms with Gasteiger partial charge in [-0.2, -0.15) is 0 Å². The van der Waals surface area contributed by atoms with E-state index in [1.54, 1.807) is 0 Å². The highest BCUT2D eigenvalue weighted by molar-refractivity contribution is 6.18. The second-order valence-electron chi connectivity index (χ2n) is 14.8. The molecule has 2 atom stereocenters. The number of aromatic nitrogens is 1. The van der Waals surface area contributed by atoms with Crippen molar-refractivity contribution in [3.05, 3.63) is 199 Å². The molecule has 8 aromatic carbocycles. The van der Waals surface area contributed by atoms with Gasteiger partial charge < -0.3 is 18.7 Å². The van der Waals surface area contributed by atoms with Crippen molar-refractivity contribution in [2.24, 2.45) is 4.99 Å². The lowest BCUT2D eigenvalue weighted by atomic mass is 9.97. The van der Waals surface area contributed by atoms with Gasteiger partial charge in [0.15, 0.2) is 0 Å². The Morgan fingerprint density at radius 1 is 0.474 bits per heavy atom. The standard InChI is InChI=1S/C51H34N4O2/c1-3-13-31(14-4-1)49-52-50(32-15-5-2-6-16-32)54-51(53-49)33-25-27-45-41(29-33)47-37(19-12-24-46(47)56-45)38-20-11-21-39-40-30-34(26-28-44(40)57-48(38)39)55-42-22-9-7-17-35(42)36-18-8-10-23-43(36)55/h1-30,49-50,52H,(H,53,54). The van der Waals surface area contributed by atoms with Gasteiger partial charge in [-0.25, -0.2) is 4.99 Å². The van der Waals surface area contributed by atoms with Gasteiger partial charge >= 0.3 is 0 Å². The van der Waals surface area contributed by atoms with Crippen molar-refractivity contribution in [2.45, 2.75) is 12.3 Å². The van der Waals surface area contributed by atoms with E-state index < -0.39 is 0 Å². The van der Waals surface area contributed by atoms with Gasteiger partial charge in [-0.05, 0) is 71.3 Å². The number of furan rings is 2. The summed E-state index contributed by atoms with van der Waals surface area (Å²) in [6, 6.07) is 63.7. The molecule has 4 heterocycles. The number of rotatable bonds is 5. The molecule has 2 unspecified atom stereocenters. The van der Waals surface area contributed by atoms with Gasteiger partial charge in [0.05, 0.1) is 11.0 Å². The average molecular weight is 735 g/mol. The van der Waals surface area contributed by atoms with Crippen LogP contribution in [-0.2, 0) is 0 Å². The molecule has 57 heavy (non-hydrogen) atoms.